The molecule has 2 spiro atoms. The Kier molecular flexibility index (Phi) is 12.5. The second-order valence-corrected chi connectivity index (χ2v) is 27.3. The van der Waals surface area contributed by atoms with Crippen molar-refractivity contribution in [1.82, 2.24) is 0 Å². The quantitative estimate of drug-likeness (QED) is 0.136. The van der Waals surface area contributed by atoms with Crippen molar-refractivity contribution in [2.75, 3.05) is 9.80 Å². The van der Waals surface area contributed by atoms with Gasteiger partial charge in [-0.1, -0.05) is 303 Å². The SMILES string of the molecule is c1ccc(-c2ccc(N(c3ccc(-c4ccc(-c5cccc6c5-c5ccccc5C65c6ccccc6-c6c(N(c7ccc(-c8ccccc8)cc7)c7ccc8c(c7)oc7ccccc78)cccc65)cc4)cc3)c3cccc4c3-c3ccccc3C43c4ccccc4-c4ccccc43)cc2)cc1. The summed E-state index contributed by atoms with van der Waals surface area (Å²) in [5.41, 5.74) is 37.2. The fourth-order valence-electron chi connectivity index (χ4n) is 18.2. The predicted octanol–water partition coefficient (Wildman–Crippen LogP) is 25.9. The van der Waals surface area contributed by atoms with Gasteiger partial charge in [-0.05, 0) is 189 Å². The maximum Gasteiger partial charge on any atom is 0.137 e. The lowest BCUT2D eigenvalue weighted by atomic mass is 9.70. The second-order valence-electron chi connectivity index (χ2n) is 27.3. The molecule has 1 heterocycles. The van der Waals surface area contributed by atoms with Crippen LogP contribution in [0.3, 0.4) is 0 Å². The summed E-state index contributed by atoms with van der Waals surface area (Å²) in [6.45, 7) is 0. The van der Waals surface area contributed by atoms with E-state index in [0.717, 1.165) is 67.2 Å². The summed E-state index contributed by atoms with van der Waals surface area (Å²) in [4.78, 5) is 4.93. The van der Waals surface area contributed by atoms with Crippen molar-refractivity contribution in [2.45, 2.75) is 10.8 Å². The van der Waals surface area contributed by atoms with Gasteiger partial charge in [0.1, 0.15) is 11.2 Å². The van der Waals surface area contributed by atoms with E-state index in [1.54, 1.807) is 0 Å². The summed E-state index contributed by atoms with van der Waals surface area (Å²) in [6.07, 6.45) is 0. The number of rotatable bonds is 10. The summed E-state index contributed by atoms with van der Waals surface area (Å²) < 4.78 is 6.64. The fraction of sp³-hybridized carbons (Fsp3) is 0.0204. The highest BCUT2D eigenvalue weighted by atomic mass is 16.3. The number of nitrogens with zero attached hydrogens (tertiary/aromatic N) is 2. The number of para-hydroxylation sites is 1. The Bertz CT molecular complexity index is 6140. The van der Waals surface area contributed by atoms with E-state index in [0.29, 0.717) is 0 Å². The smallest absolute Gasteiger partial charge is 0.137 e. The van der Waals surface area contributed by atoms with E-state index in [1.807, 2.05) is 6.07 Å². The lowest BCUT2D eigenvalue weighted by Crippen LogP contribution is -2.26. The highest BCUT2D eigenvalue weighted by Gasteiger charge is 2.54. The molecule has 21 rings (SSSR count). The number of anilines is 6. The molecule has 1 atom stereocenters. The first-order valence-corrected chi connectivity index (χ1v) is 35.0. The van der Waals surface area contributed by atoms with Crippen molar-refractivity contribution in [3.8, 4) is 89.0 Å². The highest BCUT2D eigenvalue weighted by Crippen LogP contribution is 2.67. The van der Waals surface area contributed by atoms with E-state index in [1.165, 1.54) is 122 Å². The van der Waals surface area contributed by atoms with Crippen molar-refractivity contribution in [3.63, 3.8) is 0 Å². The zero-order chi connectivity index (χ0) is 66.3. The Hall–Kier alpha value is -13.1. The van der Waals surface area contributed by atoms with Crippen molar-refractivity contribution in [1.29, 1.82) is 0 Å². The molecule has 0 saturated heterocycles. The predicted molar refractivity (Wildman–Crippen MR) is 417 cm³/mol. The molecule has 16 aromatic carbocycles. The van der Waals surface area contributed by atoms with Gasteiger partial charge < -0.3 is 14.2 Å². The molecule has 0 fully saturated rings. The van der Waals surface area contributed by atoms with Crippen LogP contribution in [0.25, 0.3) is 111 Å². The average molecular weight is 1280 g/mol. The molecule has 101 heavy (non-hydrogen) atoms. The van der Waals surface area contributed by atoms with Crippen LogP contribution in [0.15, 0.2) is 381 Å². The molecule has 0 amide bonds. The molecule has 17 aromatic rings. The molecule has 4 aliphatic rings. The fourth-order valence-corrected chi connectivity index (χ4v) is 18.2. The zero-order valence-electron chi connectivity index (χ0n) is 55.1. The second kappa shape index (κ2) is 22.2. The summed E-state index contributed by atoms with van der Waals surface area (Å²) in [5, 5.41) is 2.22. The van der Waals surface area contributed by atoms with Gasteiger partial charge in [0.2, 0.25) is 0 Å². The Morgan fingerprint density at radius 1 is 0.188 bits per heavy atom. The van der Waals surface area contributed by atoms with Crippen LogP contribution in [0, 0.1) is 0 Å². The Morgan fingerprint density at radius 3 is 0.980 bits per heavy atom. The Morgan fingerprint density at radius 2 is 0.495 bits per heavy atom. The molecule has 1 unspecified atom stereocenters. The number of benzene rings is 16. The first-order valence-electron chi connectivity index (χ1n) is 35.0. The van der Waals surface area contributed by atoms with Gasteiger partial charge in [0.15, 0.2) is 0 Å². The third-order valence-electron chi connectivity index (χ3n) is 22.3. The van der Waals surface area contributed by atoms with E-state index in [4.69, 9.17) is 4.42 Å². The molecular formula is C98H62N2O. The minimum atomic E-state index is -0.604. The summed E-state index contributed by atoms with van der Waals surface area (Å²) in [6, 6.07) is 140. The maximum absolute atomic E-state index is 6.64. The lowest BCUT2D eigenvalue weighted by molar-refractivity contribution is 0.669. The normalized spacial score (nSPS) is 14.3. The van der Waals surface area contributed by atoms with Gasteiger partial charge in [0.05, 0.1) is 22.2 Å². The topological polar surface area (TPSA) is 19.6 Å². The van der Waals surface area contributed by atoms with Crippen LogP contribution in [0.4, 0.5) is 34.1 Å². The van der Waals surface area contributed by atoms with Crippen LogP contribution < -0.4 is 9.80 Å². The number of furan rings is 1. The van der Waals surface area contributed by atoms with Crippen LogP contribution in [0.1, 0.15) is 44.5 Å². The van der Waals surface area contributed by atoms with Gasteiger partial charge in [-0.15, -0.1) is 0 Å². The largest absolute Gasteiger partial charge is 0.456 e. The maximum atomic E-state index is 6.64. The Balaban J connectivity index is 0.672. The van der Waals surface area contributed by atoms with Crippen LogP contribution >= 0.6 is 0 Å². The molecule has 0 aliphatic heterocycles. The minimum absolute atomic E-state index is 0.467. The van der Waals surface area contributed by atoms with Gasteiger partial charge in [0, 0.05) is 50.7 Å². The molecule has 0 N–H and O–H groups in total. The summed E-state index contributed by atoms with van der Waals surface area (Å²) in [5.74, 6) is 0. The van der Waals surface area contributed by atoms with Crippen LogP contribution in [0.5, 0.6) is 0 Å². The third kappa shape index (κ3) is 8.23. The molecule has 0 radical (unpaired) electrons. The van der Waals surface area contributed by atoms with Crippen molar-refractivity contribution in [3.05, 3.63) is 421 Å². The third-order valence-corrected chi connectivity index (χ3v) is 22.3. The molecule has 470 valence electrons. The number of hydrogen-bond acceptors (Lipinski definition) is 3. The first kappa shape index (κ1) is 57.0. The van der Waals surface area contributed by atoms with E-state index in [2.05, 4.69) is 380 Å². The van der Waals surface area contributed by atoms with E-state index < -0.39 is 10.8 Å². The molecule has 4 aliphatic carbocycles. The first-order chi connectivity index (χ1) is 50.1. The summed E-state index contributed by atoms with van der Waals surface area (Å²) >= 11 is 0. The monoisotopic (exact) mass is 1280 g/mol. The molecule has 3 nitrogen and oxygen atoms in total. The highest BCUT2D eigenvalue weighted by molar-refractivity contribution is 6.08. The summed E-state index contributed by atoms with van der Waals surface area (Å²) in [7, 11) is 0. The zero-order valence-corrected chi connectivity index (χ0v) is 55.1. The van der Waals surface area contributed by atoms with Gasteiger partial charge in [0.25, 0.3) is 0 Å². The van der Waals surface area contributed by atoms with Crippen molar-refractivity contribution < 1.29 is 4.42 Å². The molecular weight excluding hydrogens is 1220 g/mol. The van der Waals surface area contributed by atoms with E-state index in [9.17, 15) is 0 Å². The van der Waals surface area contributed by atoms with Gasteiger partial charge in [-0.25, -0.2) is 0 Å². The van der Waals surface area contributed by atoms with Crippen LogP contribution in [-0.2, 0) is 10.8 Å². The van der Waals surface area contributed by atoms with Crippen LogP contribution in [0.2, 0.25) is 0 Å². The molecule has 0 saturated carbocycles. The molecule has 3 heteroatoms. The number of hydrogen-bond donors (Lipinski definition) is 0. The van der Waals surface area contributed by atoms with Crippen molar-refractivity contribution in [2.24, 2.45) is 0 Å². The van der Waals surface area contributed by atoms with Gasteiger partial charge >= 0.3 is 0 Å². The van der Waals surface area contributed by atoms with Gasteiger partial charge in [-0.3, -0.25) is 0 Å². The standard InChI is InChI=1S/C98H62N2O/c1-3-22-63(23-4-1)66-48-54-70(55-49-66)99(90-41-20-39-88-95(90)80-30-10-16-36-85(80)97(88)82-33-13-7-26-75(82)76-27-8-14-34-83(76)97)71-56-52-68(53-57-71)65-44-46-69(47-45-65)74-32-19-38-87-94(74)79-29-9-15-35-84(79)98(87)86-37-17-11-31-81(86)96-89(98)40-21-42-91(96)100(72-58-50-67(51-59-72)64-24-5-2-6-25-64)73-60-61-78-77-28-12-18-43-92(77)101-93(78)62-73/h1-62H. The van der Waals surface area contributed by atoms with Crippen molar-refractivity contribution >= 4 is 56.1 Å². The average Bonchev–Trinajstić information content (AvgIpc) is 1.51. The lowest BCUT2D eigenvalue weighted by Gasteiger charge is -2.32. The van der Waals surface area contributed by atoms with E-state index >= 15 is 0 Å². The molecule has 1 aromatic heterocycles. The minimum Gasteiger partial charge on any atom is -0.456 e. The number of fused-ring (bicyclic) bond motifs is 23. The van der Waals surface area contributed by atoms with Crippen LogP contribution in [-0.4, -0.2) is 0 Å². The molecule has 0 bridgehead atoms. The van der Waals surface area contributed by atoms with Gasteiger partial charge in [-0.2, -0.15) is 0 Å². The van der Waals surface area contributed by atoms with E-state index in [-0.39, 0.29) is 0 Å². The Labute approximate surface area is 587 Å².